The fourth-order valence-corrected chi connectivity index (χ4v) is 2.05. The molecule has 2 rings (SSSR count). The van der Waals surface area contributed by atoms with E-state index in [9.17, 15) is 9.18 Å². The number of ether oxygens (including phenoxy) is 1. The van der Waals surface area contributed by atoms with Gasteiger partial charge in [-0.15, -0.1) is 0 Å². The second kappa shape index (κ2) is 5.16. The molecule has 0 saturated carbocycles. The smallest absolute Gasteiger partial charge is 0.306 e. The number of halogens is 1. The number of hydrogen-bond donors (Lipinski definition) is 1. The topological polar surface area (TPSA) is 75.6 Å². The summed E-state index contributed by atoms with van der Waals surface area (Å²) in [5.41, 5.74) is 0. The zero-order valence-electron chi connectivity index (χ0n) is 9.97. The highest BCUT2D eigenvalue weighted by atomic mass is 19.1. The number of carboxylic acids is 1. The molecule has 1 aromatic heterocycles. The third-order valence-corrected chi connectivity index (χ3v) is 3.08. The maximum absolute atomic E-state index is 13.9. The standard InChI is InChI=1S/C11H14FN3O3/c1-18-10-8(12)9(13-6-14-10)15-4-2-7(3-5-15)11(16)17/h6-7H,2-5H2,1H3,(H,16,17). The first-order chi connectivity index (χ1) is 8.63. The third kappa shape index (κ3) is 2.34. The molecule has 6 nitrogen and oxygen atoms in total. The SMILES string of the molecule is COc1ncnc(N2CCC(C(=O)O)CC2)c1F. The highest BCUT2D eigenvalue weighted by molar-refractivity contribution is 5.70. The normalized spacial score (nSPS) is 16.7. The lowest BCUT2D eigenvalue weighted by atomic mass is 9.97. The quantitative estimate of drug-likeness (QED) is 0.865. The van der Waals surface area contributed by atoms with Gasteiger partial charge in [-0.05, 0) is 12.8 Å². The van der Waals surface area contributed by atoms with E-state index < -0.39 is 11.8 Å². The van der Waals surface area contributed by atoms with Crippen LogP contribution in [0.1, 0.15) is 12.8 Å². The molecule has 1 fully saturated rings. The van der Waals surface area contributed by atoms with Crippen molar-refractivity contribution in [3.63, 3.8) is 0 Å². The fraction of sp³-hybridized carbons (Fsp3) is 0.545. The van der Waals surface area contributed by atoms with Crippen molar-refractivity contribution < 1.29 is 19.0 Å². The van der Waals surface area contributed by atoms with Gasteiger partial charge < -0.3 is 14.7 Å². The molecule has 1 N–H and O–H groups in total. The summed E-state index contributed by atoms with van der Waals surface area (Å²) in [6, 6.07) is 0. The molecule has 1 aromatic rings. The van der Waals surface area contributed by atoms with Gasteiger partial charge in [0.15, 0.2) is 5.82 Å². The van der Waals surface area contributed by atoms with Gasteiger partial charge in [-0.25, -0.2) is 4.98 Å². The van der Waals surface area contributed by atoms with Crippen molar-refractivity contribution in [2.75, 3.05) is 25.1 Å². The number of aliphatic carboxylic acids is 1. The van der Waals surface area contributed by atoms with E-state index in [0.29, 0.717) is 25.9 Å². The number of carbonyl (C=O) groups is 1. The molecule has 1 aliphatic rings. The zero-order chi connectivity index (χ0) is 13.1. The summed E-state index contributed by atoms with van der Waals surface area (Å²) in [5.74, 6) is -1.68. The minimum Gasteiger partial charge on any atom is -0.481 e. The maximum Gasteiger partial charge on any atom is 0.306 e. The van der Waals surface area contributed by atoms with Crippen LogP contribution in [0, 0.1) is 11.7 Å². The van der Waals surface area contributed by atoms with Crippen LogP contribution in [-0.2, 0) is 4.79 Å². The Morgan fingerprint density at radius 1 is 1.50 bits per heavy atom. The Morgan fingerprint density at radius 2 is 2.17 bits per heavy atom. The van der Waals surface area contributed by atoms with Gasteiger partial charge in [0.2, 0.25) is 5.82 Å². The predicted octanol–water partition coefficient (Wildman–Crippen LogP) is 0.925. The minimum absolute atomic E-state index is 0.0969. The van der Waals surface area contributed by atoms with E-state index >= 15 is 0 Å². The summed E-state index contributed by atoms with van der Waals surface area (Å²) in [6.07, 6.45) is 2.21. The number of rotatable bonds is 3. The lowest BCUT2D eigenvalue weighted by Gasteiger charge is -2.31. The second-order valence-electron chi connectivity index (χ2n) is 4.12. The van der Waals surface area contributed by atoms with Crippen LogP contribution >= 0.6 is 0 Å². The molecule has 2 heterocycles. The summed E-state index contributed by atoms with van der Waals surface area (Å²) >= 11 is 0. The lowest BCUT2D eigenvalue weighted by Crippen LogP contribution is -2.37. The van der Waals surface area contributed by atoms with E-state index in [4.69, 9.17) is 9.84 Å². The van der Waals surface area contributed by atoms with E-state index in [1.165, 1.54) is 13.4 Å². The molecule has 0 radical (unpaired) electrons. The Morgan fingerprint density at radius 3 is 2.72 bits per heavy atom. The maximum atomic E-state index is 13.9. The number of carboxylic acid groups (broad SMARTS) is 1. The Balaban J connectivity index is 2.12. The molecular formula is C11H14FN3O3. The number of anilines is 1. The van der Waals surface area contributed by atoms with Crippen molar-refractivity contribution in [3.8, 4) is 5.88 Å². The molecule has 0 aliphatic carbocycles. The first-order valence-corrected chi connectivity index (χ1v) is 5.65. The van der Waals surface area contributed by atoms with Crippen LogP contribution in [0.2, 0.25) is 0 Å². The largest absolute Gasteiger partial charge is 0.481 e. The van der Waals surface area contributed by atoms with Gasteiger partial charge in [0, 0.05) is 13.1 Å². The number of piperidine rings is 1. The van der Waals surface area contributed by atoms with Crippen LogP contribution < -0.4 is 9.64 Å². The van der Waals surface area contributed by atoms with Crippen molar-refractivity contribution >= 4 is 11.8 Å². The second-order valence-corrected chi connectivity index (χ2v) is 4.12. The van der Waals surface area contributed by atoms with E-state index in [0.717, 1.165) is 0 Å². The van der Waals surface area contributed by atoms with Crippen molar-refractivity contribution in [1.82, 2.24) is 9.97 Å². The van der Waals surface area contributed by atoms with Crippen LogP contribution in [-0.4, -0.2) is 41.2 Å². The Bertz CT molecular complexity index is 447. The summed E-state index contributed by atoms with van der Waals surface area (Å²) < 4.78 is 18.7. The number of nitrogens with zero attached hydrogens (tertiary/aromatic N) is 3. The monoisotopic (exact) mass is 255 g/mol. The van der Waals surface area contributed by atoms with Gasteiger partial charge in [0.25, 0.3) is 5.88 Å². The molecule has 18 heavy (non-hydrogen) atoms. The van der Waals surface area contributed by atoms with Crippen molar-refractivity contribution in [1.29, 1.82) is 0 Å². The highest BCUT2D eigenvalue weighted by Gasteiger charge is 2.27. The molecule has 0 aromatic carbocycles. The minimum atomic E-state index is -0.796. The van der Waals surface area contributed by atoms with Crippen molar-refractivity contribution in [2.24, 2.45) is 5.92 Å². The Kier molecular flexibility index (Phi) is 3.59. The molecule has 1 aliphatic heterocycles. The number of hydrogen-bond acceptors (Lipinski definition) is 5. The molecule has 1 saturated heterocycles. The Labute approximate surface area is 103 Å². The Hall–Kier alpha value is -1.92. The molecule has 7 heteroatoms. The van der Waals surface area contributed by atoms with Gasteiger partial charge in [0.1, 0.15) is 6.33 Å². The first kappa shape index (κ1) is 12.5. The van der Waals surface area contributed by atoms with E-state index in [1.807, 2.05) is 0 Å². The van der Waals surface area contributed by atoms with Crippen molar-refractivity contribution in [2.45, 2.75) is 12.8 Å². The van der Waals surface area contributed by atoms with Crippen molar-refractivity contribution in [3.05, 3.63) is 12.1 Å². The molecule has 0 bridgehead atoms. The summed E-state index contributed by atoms with van der Waals surface area (Å²) in [5, 5.41) is 8.89. The van der Waals surface area contributed by atoms with Gasteiger partial charge in [0.05, 0.1) is 13.0 Å². The van der Waals surface area contributed by atoms with Gasteiger partial charge in [-0.3, -0.25) is 4.79 Å². The molecule has 0 atom stereocenters. The lowest BCUT2D eigenvalue weighted by molar-refractivity contribution is -0.142. The first-order valence-electron chi connectivity index (χ1n) is 5.65. The number of aromatic nitrogens is 2. The van der Waals surface area contributed by atoms with E-state index in [2.05, 4.69) is 9.97 Å². The molecular weight excluding hydrogens is 241 g/mol. The number of methoxy groups -OCH3 is 1. The van der Waals surface area contributed by atoms with Crippen LogP contribution in [0.3, 0.4) is 0 Å². The van der Waals surface area contributed by atoms with Crippen LogP contribution in [0.4, 0.5) is 10.2 Å². The summed E-state index contributed by atoms with van der Waals surface area (Å²) in [7, 11) is 1.34. The zero-order valence-corrected chi connectivity index (χ0v) is 9.97. The van der Waals surface area contributed by atoms with E-state index in [-0.39, 0.29) is 17.6 Å². The molecule has 98 valence electrons. The molecule has 0 spiro atoms. The highest BCUT2D eigenvalue weighted by Crippen LogP contribution is 2.27. The third-order valence-electron chi connectivity index (χ3n) is 3.08. The van der Waals surface area contributed by atoms with Crippen LogP contribution in [0.5, 0.6) is 5.88 Å². The van der Waals surface area contributed by atoms with Gasteiger partial charge in [-0.1, -0.05) is 0 Å². The average Bonchev–Trinajstić information content (AvgIpc) is 2.39. The summed E-state index contributed by atoms with van der Waals surface area (Å²) in [6.45, 7) is 0.933. The van der Waals surface area contributed by atoms with Gasteiger partial charge in [-0.2, -0.15) is 9.37 Å². The molecule has 0 unspecified atom stereocenters. The fourth-order valence-electron chi connectivity index (χ4n) is 2.05. The average molecular weight is 255 g/mol. The van der Waals surface area contributed by atoms with Gasteiger partial charge >= 0.3 is 5.97 Å². The molecule has 0 amide bonds. The summed E-state index contributed by atoms with van der Waals surface area (Å²) in [4.78, 5) is 20.1. The van der Waals surface area contributed by atoms with E-state index in [1.54, 1.807) is 4.90 Å². The van der Waals surface area contributed by atoms with Crippen LogP contribution in [0.15, 0.2) is 6.33 Å². The predicted molar refractivity (Wildman–Crippen MR) is 61.1 cm³/mol. The van der Waals surface area contributed by atoms with Crippen LogP contribution in [0.25, 0.3) is 0 Å².